The molecule has 1 unspecified atom stereocenters. The lowest BCUT2D eigenvalue weighted by atomic mass is 10.2. The number of carbonyl (C=O) groups is 1. The number of hydrogen-bond donors (Lipinski definition) is 2. The normalized spacial score (nSPS) is 12.2. The van der Waals surface area contributed by atoms with E-state index < -0.39 is 0 Å². The molecule has 1 aromatic rings. The molecule has 0 aliphatic heterocycles. The van der Waals surface area contributed by atoms with Crippen LogP contribution in [0.1, 0.15) is 20.3 Å². The van der Waals surface area contributed by atoms with Crippen molar-refractivity contribution in [3.05, 3.63) is 27.7 Å². The summed E-state index contributed by atoms with van der Waals surface area (Å²) in [5.41, 5.74) is 0.734. The summed E-state index contributed by atoms with van der Waals surface area (Å²) in [5.74, 6) is -0.0560. The Bertz CT molecular complexity index is 398. The van der Waals surface area contributed by atoms with Crippen molar-refractivity contribution in [3.63, 3.8) is 0 Å². The van der Waals surface area contributed by atoms with Gasteiger partial charge in [0.1, 0.15) is 0 Å². The maximum atomic E-state index is 11.6. The number of halogens is 2. The number of rotatable bonds is 5. The molecule has 1 amide bonds. The Labute approximate surface area is 115 Å². The monoisotopic (exact) mass is 318 g/mol. The van der Waals surface area contributed by atoms with Gasteiger partial charge in [0.25, 0.3) is 0 Å². The number of nitrogens with one attached hydrogen (secondary N) is 2. The van der Waals surface area contributed by atoms with Gasteiger partial charge in [0.05, 0.1) is 11.6 Å². The maximum absolute atomic E-state index is 11.6. The molecule has 0 saturated heterocycles. The lowest BCUT2D eigenvalue weighted by Gasteiger charge is -2.11. The van der Waals surface area contributed by atoms with Crippen molar-refractivity contribution in [2.45, 2.75) is 26.3 Å². The molecule has 1 atom stereocenters. The molecule has 5 heteroatoms. The average Bonchev–Trinajstić information content (AvgIpc) is 2.31. The molecule has 0 aromatic heterocycles. The Morgan fingerprint density at radius 1 is 1.53 bits per heavy atom. The molecule has 3 nitrogen and oxygen atoms in total. The molecule has 0 spiro atoms. The van der Waals surface area contributed by atoms with Crippen molar-refractivity contribution in [2.24, 2.45) is 0 Å². The van der Waals surface area contributed by atoms with Crippen LogP contribution in [-0.2, 0) is 4.79 Å². The van der Waals surface area contributed by atoms with Crippen LogP contribution < -0.4 is 10.6 Å². The topological polar surface area (TPSA) is 41.1 Å². The van der Waals surface area contributed by atoms with E-state index in [0.29, 0.717) is 17.6 Å². The highest BCUT2D eigenvalue weighted by atomic mass is 79.9. The fraction of sp³-hybridized carbons (Fsp3) is 0.417. The minimum absolute atomic E-state index is 0.0560. The minimum atomic E-state index is -0.0560. The smallest absolute Gasteiger partial charge is 0.238 e. The Kier molecular flexibility index (Phi) is 5.95. The lowest BCUT2D eigenvalue weighted by Crippen LogP contribution is -2.33. The Balaban J connectivity index is 2.48. The van der Waals surface area contributed by atoms with Gasteiger partial charge in [0.15, 0.2) is 0 Å². The molecule has 2 N–H and O–H groups in total. The van der Waals surface area contributed by atoms with Crippen molar-refractivity contribution >= 4 is 39.1 Å². The number of anilines is 1. The first-order chi connectivity index (χ1) is 8.02. The molecule has 0 saturated carbocycles. The minimum Gasteiger partial charge on any atom is -0.325 e. The van der Waals surface area contributed by atoms with E-state index in [4.69, 9.17) is 11.6 Å². The van der Waals surface area contributed by atoms with Crippen LogP contribution in [-0.4, -0.2) is 18.5 Å². The summed E-state index contributed by atoms with van der Waals surface area (Å²) in [7, 11) is 0. The zero-order chi connectivity index (χ0) is 12.8. The highest BCUT2D eigenvalue weighted by Crippen LogP contribution is 2.25. The fourth-order valence-corrected chi connectivity index (χ4v) is 1.69. The third-order valence-corrected chi connectivity index (χ3v) is 3.64. The first kappa shape index (κ1) is 14.5. The molecule has 0 radical (unpaired) electrons. The summed E-state index contributed by atoms with van der Waals surface area (Å²) in [6.45, 7) is 4.44. The van der Waals surface area contributed by atoms with E-state index in [9.17, 15) is 4.79 Å². The molecular formula is C12H16BrClN2O. The molecule has 17 heavy (non-hydrogen) atoms. The second-order valence-corrected chi connectivity index (χ2v) is 5.13. The quantitative estimate of drug-likeness (QED) is 0.873. The number of carbonyl (C=O) groups excluding carboxylic acids is 1. The number of hydrogen-bond acceptors (Lipinski definition) is 2. The van der Waals surface area contributed by atoms with E-state index in [0.717, 1.165) is 16.6 Å². The zero-order valence-electron chi connectivity index (χ0n) is 9.89. The molecule has 0 bridgehead atoms. The van der Waals surface area contributed by atoms with Crippen LogP contribution in [0, 0.1) is 0 Å². The number of benzene rings is 1. The van der Waals surface area contributed by atoms with Crippen LogP contribution in [0.3, 0.4) is 0 Å². The zero-order valence-corrected chi connectivity index (χ0v) is 12.2. The highest BCUT2D eigenvalue weighted by molar-refractivity contribution is 9.10. The second kappa shape index (κ2) is 6.99. The fourth-order valence-electron chi connectivity index (χ4n) is 1.19. The van der Waals surface area contributed by atoms with Crippen molar-refractivity contribution in [3.8, 4) is 0 Å². The molecule has 0 aliphatic carbocycles. The first-order valence-electron chi connectivity index (χ1n) is 5.51. The molecule has 0 aliphatic rings. The van der Waals surface area contributed by atoms with E-state index in [1.54, 1.807) is 18.2 Å². The first-order valence-corrected chi connectivity index (χ1v) is 6.68. The van der Waals surface area contributed by atoms with Crippen molar-refractivity contribution < 1.29 is 4.79 Å². The highest BCUT2D eigenvalue weighted by Gasteiger charge is 2.05. The van der Waals surface area contributed by atoms with Gasteiger partial charge < -0.3 is 10.6 Å². The summed E-state index contributed by atoms with van der Waals surface area (Å²) < 4.78 is 0.770. The molecule has 0 heterocycles. The van der Waals surface area contributed by atoms with Gasteiger partial charge in [0.2, 0.25) is 5.91 Å². The van der Waals surface area contributed by atoms with Gasteiger partial charge in [-0.05, 0) is 47.5 Å². The van der Waals surface area contributed by atoms with Crippen molar-refractivity contribution in [2.75, 3.05) is 11.9 Å². The summed E-state index contributed by atoms with van der Waals surface area (Å²) in [6.07, 6.45) is 1.000. The molecular weight excluding hydrogens is 304 g/mol. The van der Waals surface area contributed by atoms with Crippen LogP contribution in [0.5, 0.6) is 0 Å². The van der Waals surface area contributed by atoms with E-state index in [2.05, 4.69) is 33.5 Å². The predicted octanol–water partition coefficient (Wildman–Crippen LogP) is 3.43. The van der Waals surface area contributed by atoms with Gasteiger partial charge in [-0.15, -0.1) is 0 Å². The van der Waals surface area contributed by atoms with Crippen LogP contribution in [0.25, 0.3) is 0 Å². The van der Waals surface area contributed by atoms with Gasteiger partial charge in [-0.2, -0.15) is 0 Å². The van der Waals surface area contributed by atoms with Gasteiger partial charge in [-0.25, -0.2) is 0 Å². The van der Waals surface area contributed by atoms with Crippen LogP contribution in [0.4, 0.5) is 5.69 Å². The van der Waals surface area contributed by atoms with E-state index in [1.165, 1.54) is 0 Å². The third-order valence-electron chi connectivity index (χ3n) is 2.43. The number of amides is 1. The Hall–Kier alpha value is -0.580. The lowest BCUT2D eigenvalue weighted by molar-refractivity contribution is -0.115. The summed E-state index contributed by atoms with van der Waals surface area (Å²) in [5, 5.41) is 6.55. The van der Waals surface area contributed by atoms with Crippen molar-refractivity contribution in [1.82, 2.24) is 5.32 Å². The molecule has 1 aromatic carbocycles. The SMILES string of the molecule is CCC(C)NCC(=O)Nc1ccc(Cl)c(Br)c1. The predicted molar refractivity (Wildman–Crippen MR) is 75.5 cm³/mol. The van der Waals surface area contributed by atoms with Crippen LogP contribution >= 0.6 is 27.5 Å². The summed E-state index contributed by atoms with van der Waals surface area (Å²) in [4.78, 5) is 11.6. The van der Waals surface area contributed by atoms with E-state index in [1.807, 2.05) is 6.92 Å². The largest absolute Gasteiger partial charge is 0.325 e. The Morgan fingerprint density at radius 2 is 2.24 bits per heavy atom. The van der Waals surface area contributed by atoms with Crippen LogP contribution in [0.15, 0.2) is 22.7 Å². The Morgan fingerprint density at radius 3 is 2.82 bits per heavy atom. The molecule has 94 valence electrons. The molecule has 0 fully saturated rings. The van der Waals surface area contributed by atoms with Gasteiger partial charge in [-0.3, -0.25) is 4.79 Å². The van der Waals surface area contributed by atoms with Crippen molar-refractivity contribution in [1.29, 1.82) is 0 Å². The van der Waals surface area contributed by atoms with Crippen LogP contribution in [0.2, 0.25) is 5.02 Å². The third kappa shape index (κ3) is 5.06. The van der Waals surface area contributed by atoms with Gasteiger partial charge >= 0.3 is 0 Å². The average molecular weight is 320 g/mol. The summed E-state index contributed by atoms with van der Waals surface area (Å²) in [6, 6.07) is 5.64. The molecule has 1 rings (SSSR count). The van der Waals surface area contributed by atoms with Gasteiger partial charge in [0, 0.05) is 16.2 Å². The summed E-state index contributed by atoms with van der Waals surface area (Å²) >= 11 is 9.18. The maximum Gasteiger partial charge on any atom is 0.238 e. The second-order valence-electron chi connectivity index (χ2n) is 3.87. The van der Waals surface area contributed by atoms with E-state index in [-0.39, 0.29) is 5.91 Å². The standard InChI is InChI=1S/C12H16BrClN2O/c1-3-8(2)15-7-12(17)16-9-4-5-11(14)10(13)6-9/h4-6,8,15H,3,7H2,1-2H3,(H,16,17). The van der Waals surface area contributed by atoms with E-state index >= 15 is 0 Å². The van der Waals surface area contributed by atoms with Gasteiger partial charge in [-0.1, -0.05) is 18.5 Å².